The van der Waals surface area contributed by atoms with Gasteiger partial charge in [-0.2, -0.15) is 0 Å². The molecule has 80 valence electrons. The molecule has 1 heterocycles. The molecule has 0 aliphatic carbocycles. The van der Waals surface area contributed by atoms with Crippen LogP contribution in [0.2, 0.25) is 0 Å². The van der Waals surface area contributed by atoms with Crippen molar-refractivity contribution < 1.29 is 14.9 Å². The molecule has 1 aliphatic rings. The Morgan fingerprint density at radius 3 is 2.79 bits per heavy atom. The molecule has 2 N–H and O–H groups in total. The molecule has 0 saturated carbocycles. The first-order valence-electron chi connectivity index (χ1n) is 4.71. The van der Waals surface area contributed by atoms with Crippen molar-refractivity contribution in [3.63, 3.8) is 0 Å². The Bertz CT molecular complexity index is 226. The third kappa shape index (κ3) is 2.46. The van der Waals surface area contributed by atoms with Crippen molar-refractivity contribution >= 4 is 0 Å². The van der Waals surface area contributed by atoms with Crippen LogP contribution in [0, 0.1) is 12.3 Å². The molecular weight excluding hydrogens is 182 g/mol. The van der Waals surface area contributed by atoms with Gasteiger partial charge in [0.25, 0.3) is 0 Å². The third-order valence-corrected chi connectivity index (χ3v) is 2.54. The highest BCUT2D eigenvalue weighted by Crippen LogP contribution is 2.21. The molecule has 1 aliphatic heterocycles. The second-order valence-corrected chi connectivity index (χ2v) is 3.75. The smallest absolute Gasteiger partial charge is 0.182 e. The number of ether oxygens (including phenoxy) is 1. The third-order valence-electron chi connectivity index (χ3n) is 2.54. The maximum Gasteiger partial charge on any atom is 0.182 e. The van der Waals surface area contributed by atoms with Gasteiger partial charge in [0, 0.05) is 6.04 Å². The number of hydrogen-bond donors (Lipinski definition) is 2. The number of rotatable bonds is 2. The Kier molecular flexibility index (Phi) is 3.90. The van der Waals surface area contributed by atoms with Crippen molar-refractivity contribution in [1.82, 2.24) is 4.90 Å². The second kappa shape index (κ2) is 4.76. The molecule has 4 nitrogen and oxygen atoms in total. The molecule has 1 rings (SSSR count). The van der Waals surface area contributed by atoms with E-state index in [0.29, 0.717) is 13.0 Å². The summed E-state index contributed by atoms with van der Waals surface area (Å²) in [7, 11) is 1.83. The molecule has 0 aromatic rings. The number of aliphatic hydroxyl groups is 2. The summed E-state index contributed by atoms with van der Waals surface area (Å²) in [6.45, 7) is 2.33. The van der Waals surface area contributed by atoms with Crippen LogP contribution in [0.5, 0.6) is 0 Å². The average molecular weight is 199 g/mol. The van der Waals surface area contributed by atoms with Crippen LogP contribution in [-0.2, 0) is 4.74 Å². The summed E-state index contributed by atoms with van der Waals surface area (Å²) in [5.74, 6) is 2.51. The maximum absolute atomic E-state index is 9.67. The fraction of sp³-hybridized carbons (Fsp3) is 0.800. The molecule has 0 radical (unpaired) electrons. The maximum atomic E-state index is 9.67. The first-order valence-corrected chi connectivity index (χ1v) is 4.71. The summed E-state index contributed by atoms with van der Waals surface area (Å²) >= 11 is 0. The zero-order valence-electron chi connectivity index (χ0n) is 8.55. The van der Waals surface area contributed by atoms with E-state index in [1.54, 1.807) is 0 Å². The van der Waals surface area contributed by atoms with E-state index in [2.05, 4.69) is 5.92 Å². The molecule has 0 aromatic heterocycles. The molecular formula is C10H17NO3. The van der Waals surface area contributed by atoms with Gasteiger partial charge in [0.2, 0.25) is 0 Å². The average Bonchev–Trinajstić information content (AvgIpc) is 2.11. The Labute approximate surface area is 84.5 Å². The first kappa shape index (κ1) is 11.5. The number of nitrogens with zero attached hydrogens (tertiary/aromatic N) is 1. The van der Waals surface area contributed by atoms with Crippen molar-refractivity contribution in [3.05, 3.63) is 0 Å². The van der Waals surface area contributed by atoms with Crippen LogP contribution in [0.25, 0.3) is 0 Å². The van der Waals surface area contributed by atoms with E-state index in [1.807, 2.05) is 18.9 Å². The van der Waals surface area contributed by atoms with Crippen LogP contribution in [0.3, 0.4) is 0 Å². The molecule has 0 aromatic carbocycles. The van der Waals surface area contributed by atoms with Crippen molar-refractivity contribution in [2.24, 2.45) is 0 Å². The second-order valence-electron chi connectivity index (χ2n) is 3.75. The van der Waals surface area contributed by atoms with Gasteiger partial charge in [-0.25, -0.2) is 0 Å². The molecule has 0 spiro atoms. The van der Waals surface area contributed by atoms with Crippen LogP contribution in [0.1, 0.15) is 13.3 Å². The fourth-order valence-electron chi connectivity index (χ4n) is 1.75. The minimum atomic E-state index is -1.11. The minimum absolute atomic E-state index is 0.0568. The lowest BCUT2D eigenvalue weighted by Crippen LogP contribution is -2.54. The highest BCUT2D eigenvalue weighted by atomic mass is 16.6. The highest BCUT2D eigenvalue weighted by Gasteiger charge is 2.36. The summed E-state index contributed by atoms with van der Waals surface area (Å²) in [4.78, 5) is 1.85. The predicted molar refractivity (Wildman–Crippen MR) is 52.4 cm³/mol. The van der Waals surface area contributed by atoms with Crippen molar-refractivity contribution in [3.8, 4) is 12.3 Å². The van der Waals surface area contributed by atoms with Gasteiger partial charge in [0.05, 0.1) is 12.6 Å². The lowest BCUT2D eigenvalue weighted by molar-refractivity contribution is -0.230. The minimum Gasteiger partial charge on any atom is -0.386 e. The van der Waals surface area contributed by atoms with E-state index in [4.69, 9.17) is 11.2 Å². The monoisotopic (exact) mass is 199 g/mol. The van der Waals surface area contributed by atoms with Gasteiger partial charge in [-0.15, -0.1) is 6.42 Å². The van der Waals surface area contributed by atoms with Crippen molar-refractivity contribution in [1.29, 1.82) is 0 Å². The van der Waals surface area contributed by atoms with Crippen LogP contribution < -0.4 is 0 Å². The normalized spacial score (nSPS) is 38.3. The van der Waals surface area contributed by atoms with Gasteiger partial charge in [-0.3, -0.25) is 4.90 Å². The SMILES string of the molecule is C#CCN(C)C1CC(C)OC(O)C1O. The summed E-state index contributed by atoms with van der Waals surface area (Å²) in [6, 6.07) is -0.134. The van der Waals surface area contributed by atoms with Crippen LogP contribution in [-0.4, -0.2) is 53.2 Å². The summed E-state index contributed by atoms with van der Waals surface area (Å²) in [5, 5.41) is 19.1. The van der Waals surface area contributed by atoms with Crippen LogP contribution >= 0.6 is 0 Å². The molecule has 1 saturated heterocycles. The van der Waals surface area contributed by atoms with Crippen molar-refractivity contribution in [2.45, 2.75) is 37.9 Å². The highest BCUT2D eigenvalue weighted by molar-refractivity contribution is 4.93. The fourth-order valence-corrected chi connectivity index (χ4v) is 1.75. The molecule has 14 heavy (non-hydrogen) atoms. The van der Waals surface area contributed by atoms with Gasteiger partial charge in [0.15, 0.2) is 6.29 Å². The summed E-state index contributed by atoms with van der Waals surface area (Å²) < 4.78 is 5.08. The molecule has 4 atom stereocenters. The number of likely N-dealkylation sites (N-methyl/N-ethyl adjacent to an activating group) is 1. The van der Waals surface area contributed by atoms with E-state index < -0.39 is 12.4 Å². The first-order chi connectivity index (χ1) is 6.56. The number of terminal acetylenes is 1. The Morgan fingerprint density at radius 1 is 1.57 bits per heavy atom. The summed E-state index contributed by atoms with van der Waals surface area (Å²) in [6.07, 6.45) is 3.81. The summed E-state index contributed by atoms with van der Waals surface area (Å²) in [5.41, 5.74) is 0. The van der Waals surface area contributed by atoms with E-state index in [9.17, 15) is 10.2 Å². The Balaban J connectivity index is 2.62. The molecule has 0 amide bonds. The molecule has 4 heteroatoms. The van der Waals surface area contributed by atoms with E-state index >= 15 is 0 Å². The van der Waals surface area contributed by atoms with Gasteiger partial charge in [-0.1, -0.05) is 5.92 Å². The van der Waals surface area contributed by atoms with Crippen molar-refractivity contribution in [2.75, 3.05) is 13.6 Å². The van der Waals surface area contributed by atoms with Crippen LogP contribution in [0.15, 0.2) is 0 Å². The Morgan fingerprint density at radius 2 is 2.21 bits per heavy atom. The van der Waals surface area contributed by atoms with E-state index in [1.165, 1.54) is 0 Å². The zero-order valence-corrected chi connectivity index (χ0v) is 8.55. The lowest BCUT2D eigenvalue weighted by atomic mass is 9.99. The number of hydrogen-bond acceptors (Lipinski definition) is 4. The zero-order chi connectivity index (χ0) is 10.7. The van der Waals surface area contributed by atoms with Gasteiger partial charge < -0.3 is 14.9 Å². The largest absolute Gasteiger partial charge is 0.386 e. The number of aliphatic hydroxyl groups excluding tert-OH is 2. The molecule has 1 fully saturated rings. The standard InChI is InChI=1S/C10H17NO3/c1-4-5-11(3)8-6-7(2)14-10(13)9(8)12/h1,7-10,12-13H,5-6H2,2-3H3. The van der Waals surface area contributed by atoms with E-state index in [-0.39, 0.29) is 12.1 Å². The van der Waals surface area contributed by atoms with Crippen LogP contribution in [0.4, 0.5) is 0 Å². The van der Waals surface area contributed by atoms with Gasteiger partial charge >= 0.3 is 0 Å². The van der Waals surface area contributed by atoms with Gasteiger partial charge in [0.1, 0.15) is 6.10 Å². The Hall–Kier alpha value is -0.600. The topological polar surface area (TPSA) is 52.9 Å². The molecule has 0 bridgehead atoms. The molecule has 4 unspecified atom stereocenters. The van der Waals surface area contributed by atoms with E-state index in [0.717, 1.165) is 0 Å². The predicted octanol–water partition coefficient (Wildman–Crippen LogP) is -0.592. The van der Waals surface area contributed by atoms with Gasteiger partial charge in [-0.05, 0) is 20.4 Å². The lowest BCUT2D eigenvalue weighted by Gasteiger charge is -2.39. The quantitative estimate of drug-likeness (QED) is 0.584.